The average Bonchev–Trinajstić information content (AvgIpc) is 2.46. The Balaban J connectivity index is 2.35. The summed E-state index contributed by atoms with van der Waals surface area (Å²) in [7, 11) is -3.69. The second-order valence-corrected chi connectivity index (χ2v) is 7.01. The molecule has 0 saturated carbocycles. The van der Waals surface area contributed by atoms with E-state index in [4.69, 9.17) is 0 Å². The van der Waals surface area contributed by atoms with E-state index in [1.54, 1.807) is 30.3 Å². The number of sulfone groups is 1. The minimum absolute atomic E-state index is 0.212. The Morgan fingerprint density at radius 1 is 1.09 bits per heavy atom. The minimum Gasteiger partial charge on any atom is -0.336 e. The highest BCUT2D eigenvalue weighted by molar-refractivity contribution is 7.90. The van der Waals surface area contributed by atoms with Gasteiger partial charge in [-0.1, -0.05) is 42.5 Å². The fourth-order valence-corrected chi connectivity index (χ4v) is 3.83. The molecule has 2 rings (SSSR count). The maximum Gasteiger partial charge on any atom is 0.218 e. The zero-order valence-corrected chi connectivity index (χ0v) is 12.8. The van der Waals surface area contributed by atoms with E-state index in [1.165, 1.54) is 31.2 Å². The van der Waals surface area contributed by atoms with Crippen molar-refractivity contribution in [2.75, 3.05) is 0 Å². The first kappa shape index (κ1) is 16.2. The zero-order valence-electron chi connectivity index (χ0n) is 12.0. The lowest BCUT2D eigenvalue weighted by Gasteiger charge is -2.19. The molecule has 1 amide bonds. The maximum absolute atomic E-state index is 13.0. The number of amides is 1. The SMILES string of the molecule is CC(=O)NC(c1ccc(F)cc1)S(=O)(=O)Cc1ccccc1. The lowest BCUT2D eigenvalue weighted by molar-refractivity contribution is -0.119. The maximum atomic E-state index is 13.0. The van der Waals surface area contributed by atoms with Crippen molar-refractivity contribution in [3.8, 4) is 0 Å². The molecule has 1 unspecified atom stereocenters. The van der Waals surface area contributed by atoms with Gasteiger partial charge >= 0.3 is 0 Å². The summed E-state index contributed by atoms with van der Waals surface area (Å²) < 4.78 is 38.2. The van der Waals surface area contributed by atoms with E-state index in [2.05, 4.69) is 5.32 Å². The smallest absolute Gasteiger partial charge is 0.218 e. The fraction of sp³-hybridized carbons (Fsp3) is 0.188. The standard InChI is InChI=1S/C16H16FNO3S/c1-12(19)18-16(14-7-9-15(17)10-8-14)22(20,21)11-13-5-3-2-4-6-13/h2-10,16H,11H2,1H3,(H,18,19). The summed E-state index contributed by atoms with van der Waals surface area (Å²) in [6.45, 7) is 1.24. The van der Waals surface area contributed by atoms with Gasteiger partial charge in [-0.05, 0) is 23.3 Å². The van der Waals surface area contributed by atoms with E-state index < -0.39 is 26.9 Å². The van der Waals surface area contributed by atoms with Gasteiger partial charge in [-0.2, -0.15) is 0 Å². The van der Waals surface area contributed by atoms with Gasteiger partial charge < -0.3 is 5.32 Å². The van der Waals surface area contributed by atoms with E-state index in [1.807, 2.05) is 0 Å². The quantitative estimate of drug-likeness (QED) is 0.920. The van der Waals surface area contributed by atoms with Crippen LogP contribution in [0, 0.1) is 5.82 Å². The normalized spacial score (nSPS) is 12.6. The molecule has 0 heterocycles. The average molecular weight is 321 g/mol. The Labute approximate surface area is 128 Å². The van der Waals surface area contributed by atoms with Crippen LogP contribution in [0.25, 0.3) is 0 Å². The molecule has 6 heteroatoms. The van der Waals surface area contributed by atoms with E-state index in [-0.39, 0.29) is 5.75 Å². The number of carbonyl (C=O) groups is 1. The highest BCUT2D eigenvalue weighted by Gasteiger charge is 2.28. The molecule has 1 atom stereocenters. The van der Waals surface area contributed by atoms with Crippen molar-refractivity contribution in [1.29, 1.82) is 0 Å². The third-order valence-corrected chi connectivity index (χ3v) is 4.92. The number of nitrogens with one attached hydrogen (secondary N) is 1. The summed E-state index contributed by atoms with van der Waals surface area (Å²) >= 11 is 0. The summed E-state index contributed by atoms with van der Waals surface area (Å²) in [4.78, 5) is 11.3. The molecule has 2 aromatic carbocycles. The van der Waals surface area contributed by atoms with Crippen LogP contribution in [0.2, 0.25) is 0 Å². The van der Waals surface area contributed by atoms with Crippen LogP contribution in [0.1, 0.15) is 23.4 Å². The van der Waals surface area contributed by atoms with Crippen molar-refractivity contribution < 1.29 is 17.6 Å². The summed E-state index contributed by atoms with van der Waals surface area (Å²) in [5.41, 5.74) is 0.951. The van der Waals surface area contributed by atoms with Gasteiger partial charge in [0.15, 0.2) is 15.2 Å². The monoisotopic (exact) mass is 321 g/mol. The number of rotatable bonds is 5. The van der Waals surface area contributed by atoms with Crippen molar-refractivity contribution >= 4 is 15.7 Å². The first-order valence-corrected chi connectivity index (χ1v) is 8.38. The largest absolute Gasteiger partial charge is 0.336 e. The van der Waals surface area contributed by atoms with Gasteiger partial charge in [0.2, 0.25) is 5.91 Å². The van der Waals surface area contributed by atoms with Crippen LogP contribution in [0.4, 0.5) is 4.39 Å². The Bertz CT molecular complexity index is 743. The number of halogens is 1. The molecule has 0 radical (unpaired) electrons. The van der Waals surface area contributed by atoms with Crippen LogP contribution in [-0.2, 0) is 20.4 Å². The van der Waals surface area contributed by atoms with Crippen molar-refractivity contribution in [2.24, 2.45) is 0 Å². The Morgan fingerprint density at radius 3 is 2.23 bits per heavy atom. The van der Waals surface area contributed by atoms with E-state index in [0.29, 0.717) is 11.1 Å². The molecule has 0 bridgehead atoms. The van der Waals surface area contributed by atoms with Gasteiger partial charge in [0, 0.05) is 6.92 Å². The predicted octanol–water partition coefficient (Wildman–Crippen LogP) is 2.58. The third kappa shape index (κ3) is 4.14. The molecule has 0 aromatic heterocycles. The zero-order chi connectivity index (χ0) is 16.2. The molecule has 0 spiro atoms. The molecule has 116 valence electrons. The van der Waals surface area contributed by atoms with Gasteiger partial charge in [-0.25, -0.2) is 12.8 Å². The number of carbonyl (C=O) groups excluding carboxylic acids is 1. The fourth-order valence-electron chi connectivity index (χ4n) is 2.09. The summed E-state index contributed by atoms with van der Waals surface area (Å²) in [5.74, 6) is -1.15. The van der Waals surface area contributed by atoms with Crippen LogP contribution in [0.5, 0.6) is 0 Å². The molecule has 0 aliphatic rings. The molecule has 1 N–H and O–H groups in total. The third-order valence-electron chi connectivity index (χ3n) is 3.08. The van der Waals surface area contributed by atoms with Gasteiger partial charge in [0.25, 0.3) is 0 Å². The first-order valence-electron chi connectivity index (χ1n) is 6.66. The van der Waals surface area contributed by atoms with E-state index >= 15 is 0 Å². The highest BCUT2D eigenvalue weighted by atomic mass is 32.2. The van der Waals surface area contributed by atoms with Gasteiger partial charge in [-0.15, -0.1) is 0 Å². The predicted molar refractivity (Wildman–Crippen MR) is 82.0 cm³/mol. The number of hydrogen-bond acceptors (Lipinski definition) is 3. The molecule has 0 fully saturated rings. The second kappa shape index (κ2) is 6.70. The van der Waals surface area contributed by atoms with Crippen molar-refractivity contribution in [2.45, 2.75) is 18.1 Å². The lowest BCUT2D eigenvalue weighted by Crippen LogP contribution is -2.33. The van der Waals surface area contributed by atoms with Crippen LogP contribution < -0.4 is 5.32 Å². The van der Waals surface area contributed by atoms with Crippen LogP contribution >= 0.6 is 0 Å². The van der Waals surface area contributed by atoms with E-state index in [9.17, 15) is 17.6 Å². The second-order valence-electron chi connectivity index (χ2n) is 4.92. The minimum atomic E-state index is -3.69. The first-order chi connectivity index (χ1) is 10.4. The molecule has 0 aliphatic carbocycles. The molecule has 0 aliphatic heterocycles. The molecule has 4 nitrogen and oxygen atoms in total. The van der Waals surface area contributed by atoms with Crippen molar-refractivity contribution in [1.82, 2.24) is 5.32 Å². The van der Waals surface area contributed by atoms with Gasteiger partial charge in [0.05, 0.1) is 5.75 Å². The van der Waals surface area contributed by atoms with Crippen molar-refractivity contribution in [3.63, 3.8) is 0 Å². The van der Waals surface area contributed by atoms with Gasteiger partial charge in [0.1, 0.15) is 5.82 Å². The topological polar surface area (TPSA) is 63.2 Å². The summed E-state index contributed by atoms with van der Waals surface area (Å²) in [6, 6.07) is 13.7. The van der Waals surface area contributed by atoms with Gasteiger partial charge in [-0.3, -0.25) is 4.79 Å². The lowest BCUT2D eigenvalue weighted by atomic mass is 10.2. The number of hydrogen-bond donors (Lipinski definition) is 1. The molecule has 0 saturated heterocycles. The Morgan fingerprint density at radius 2 is 1.68 bits per heavy atom. The molecular formula is C16H16FNO3S. The number of benzene rings is 2. The van der Waals surface area contributed by atoms with E-state index in [0.717, 1.165) is 0 Å². The Kier molecular flexibility index (Phi) is 4.92. The van der Waals surface area contributed by atoms with Crippen LogP contribution in [0.3, 0.4) is 0 Å². The highest BCUT2D eigenvalue weighted by Crippen LogP contribution is 2.23. The van der Waals surface area contributed by atoms with Crippen LogP contribution in [0.15, 0.2) is 54.6 Å². The van der Waals surface area contributed by atoms with Crippen molar-refractivity contribution in [3.05, 3.63) is 71.5 Å². The Hall–Kier alpha value is -2.21. The molecular weight excluding hydrogens is 305 g/mol. The molecule has 2 aromatic rings. The van der Waals surface area contributed by atoms with Crippen LogP contribution in [-0.4, -0.2) is 14.3 Å². The summed E-state index contributed by atoms with van der Waals surface area (Å²) in [5, 5.41) is 1.22. The summed E-state index contributed by atoms with van der Waals surface area (Å²) in [6.07, 6.45) is 0. The molecule has 22 heavy (non-hydrogen) atoms.